The Morgan fingerprint density at radius 3 is 2.46 bits per heavy atom. The van der Waals surface area contributed by atoms with Gasteiger partial charge in [-0.25, -0.2) is 4.98 Å². The quantitative estimate of drug-likeness (QED) is 0.397. The lowest BCUT2D eigenvalue weighted by Gasteiger charge is -1.97. The van der Waals surface area contributed by atoms with Crippen molar-refractivity contribution in [3.8, 4) is 11.3 Å². The summed E-state index contributed by atoms with van der Waals surface area (Å²) in [5.41, 5.74) is 4.77. The van der Waals surface area contributed by atoms with E-state index in [1.165, 1.54) is 41.8 Å². The van der Waals surface area contributed by atoms with Gasteiger partial charge >= 0.3 is 0 Å². The maximum Gasteiger partial charge on any atom is 0.270 e. The Hall–Kier alpha value is -3.66. The fraction of sp³-hybridized carbons (Fsp3) is 0. The highest BCUT2D eigenvalue weighted by Gasteiger charge is 2.08. The number of aromatic nitrogens is 1. The van der Waals surface area contributed by atoms with Crippen molar-refractivity contribution >= 4 is 34.1 Å². The highest BCUT2D eigenvalue weighted by Crippen LogP contribution is 2.26. The first kappa shape index (κ1) is 17.2. The average Bonchev–Trinajstić information content (AvgIpc) is 3.11. The van der Waals surface area contributed by atoms with Crippen LogP contribution in [0.1, 0.15) is 5.56 Å². The van der Waals surface area contributed by atoms with E-state index in [-0.39, 0.29) is 11.4 Å². The standard InChI is InChI=1S/C16H11N5O4S/c22-20(23)13-6-4-12(5-7-13)15-10-26-16(18-15)19-17-9-11-2-1-3-14(8-11)21(24)25/h1-10H,(H,18,19)/b17-9+. The topological polar surface area (TPSA) is 124 Å². The van der Waals surface area contributed by atoms with Gasteiger partial charge in [-0.15, -0.1) is 11.3 Å². The summed E-state index contributed by atoms with van der Waals surface area (Å²) in [4.78, 5) is 24.8. The number of nitrogens with one attached hydrogen (secondary N) is 1. The lowest BCUT2D eigenvalue weighted by atomic mass is 10.1. The second-order valence-corrected chi connectivity index (χ2v) is 5.92. The molecule has 0 bridgehead atoms. The molecule has 26 heavy (non-hydrogen) atoms. The number of hydrogen-bond acceptors (Lipinski definition) is 8. The normalized spacial score (nSPS) is 10.8. The van der Waals surface area contributed by atoms with Crippen molar-refractivity contribution in [2.75, 3.05) is 5.43 Å². The molecule has 0 aliphatic carbocycles. The van der Waals surface area contributed by atoms with Crippen LogP contribution in [-0.2, 0) is 0 Å². The van der Waals surface area contributed by atoms with E-state index in [1.807, 2.05) is 0 Å². The molecule has 0 spiro atoms. The van der Waals surface area contributed by atoms with Crippen molar-refractivity contribution < 1.29 is 9.85 Å². The lowest BCUT2D eigenvalue weighted by molar-refractivity contribution is -0.385. The van der Waals surface area contributed by atoms with E-state index < -0.39 is 9.85 Å². The minimum absolute atomic E-state index is 0.0105. The monoisotopic (exact) mass is 369 g/mol. The number of hydrazone groups is 1. The second-order valence-electron chi connectivity index (χ2n) is 5.06. The number of non-ortho nitro benzene ring substituents is 2. The Morgan fingerprint density at radius 2 is 1.77 bits per heavy atom. The van der Waals surface area contributed by atoms with E-state index in [0.717, 1.165) is 5.56 Å². The van der Waals surface area contributed by atoms with Crippen LogP contribution in [0, 0.1) is 20.2 Å². The van der Waals surface area contributed by atoms with Gasteiger partial charge in [0, 0.05) is 40.8 Å². The summed E-state index contributed by atoms with van der Waals surface area (Å²) in [6.07, 6.45) is 1.46. The van der Waals surface area contributed by atoms with Crippen LogP contribution in [-0.4, -0.2) is 21.0 Å². The molecule has 3 rings (SSSR count). The number of thiazole rings is 1. The Bertz CT molecular complexity index is 984. The molecule has 1 heterocycles. The van der Waals surface area contributed by atoms with Crippen LogP contribution in [0.15, 0.2) is 59.0 Å². The molecular weight excluding hydrogens is 358 g/mol. The molecule has 0 fully saturated rings. The first-order valence-electron chi connectivity index (χ1n) is 7.27. The molecule has 0 atom stereocenters. The second kappa shape index (κ2) is 7.49. The van der Waals surface area contributed by atoms with Gasteiger partial charge in [0.1, 0.15) is 0 Å². The zero-order valence-corrected chi connectivity index (χ0v) is 13.9. The van der Waals surface area contributed by atoms with Gasteiger partial charge in [-0.2, -0.15) is 5.10 Å². The summed E-state index contributed by atoms with van der Waals surface area (Å²) in [5.74, 6) is 0. The molecule has 130 valence electrons. The molecule has 9 nitrogen and oxygen atoms in total. The highest BCUT2D eigenvalue weighted by atomic mass is 32.1. The number of nitrogens with zero attached hydrogens (tertiary/aromatic N) is 4. The van der Waals surface area contributed by atoms with Gasteiger partial charge in [-0.05, 0) is 12.1 Å². The molecule has 0 saturated heterocycles. The molecule has 0 aliphatic rings. The SMILES string of the molecule is O=[N+]([O-])c1ccc(-c2csc(N/N=C/c3cccc([N+](=O)[O-])c3)n2)cc1. The largest absolute Gasteiger partial charge is 0.270 e. The zero-order chi connectivity index (χ0) is 18.5. The fourth-order valence-electron chi connectivity index (χ4n) is 2.09. The predicted octanol–water partition coefficient (Wildman–Crippen LogP) is 4.07. The summed E-state index contributed by atoms with van der Waals surface area (Å²) in [6, 6.07) is 12.2. The van der Waals surface area contributed by atoms with Crippen LogP contribution in [0.4, 0.5) is 16.5 Å². The van der Waals surface area contributed by atoms with Gasteiger partial charge in [0.05, 0.1) is 21.8 Å². The summed E-state index contributed by atoms with van der Waals surface area (Å²) >= 11 is 1.32. The van der Waals surface area contributed by atoms with E-state index >= 15 is 0 Å². The Labute approximate surface area is 150 Å². The van der Waals surface area contributed by atoms with Crippen LogP contribution in [0.2, 0.25) is 0 Å². The Morgan fingerprint density at radius 1 is 1.04 bits per heavy atom. The van der Waals surface area contributed by atoms with E-state index in [9.17, 15) is 20.2 Å². The number of rotatable bonds is 6. The third kappa shape index (κ3) is 4.05. The van der Waals surface area contributed by atoms with Gasteiger partial charge in [0.25, 0.3) is 11.4 Å². The van der Waals surface area contributed by atoms with Gasteiger partial charge < -0.3 is 0 Å². The van der Waals surface area contributed by atoms with Crippen molar-refractivity contribution in [3.05, 3.63) is 79.7 Å². The van der Waals surface area contributed by atoms with Crippen LogP contribution < -0.4 is 5.43 Å². The van der Waals surface area contributed by atoms with Crippen LogP contribution in [0.5, 0.6) is 0 Å². The van der Waals surface area contributed by atoms with Crippen molar-refractivity contribution in [3.63, 3.8) is 0 Å². The lowest BCUT2D eigenvalue weighted by Crippen LogP contribution is -1.92. The van der Waals surface area contributed by atoms with E-state index in [2.05, 4.69) is 15.5 Å². The van der Waals surface area contributed by atoms with E-state index in [4.69, 9.17) is 0 Å². The number of hydrogen-bond donors (Lipinski definition) is 1. The summed E-state index contributed by atoms with van der Waals surface area (Å²) in [6.45, 7) is 0. The molecule has 0 aliphatic heterocycles. The van der Waals surface area contributed by atoms with Crippen molar-refractivity contribution in [1.82, 2.24) is 4.98 Å². The van der Waals surface area contributed by atoms with Crippen LogP contribution >= 0.6 is 11.3 Å². The third-order valence-corrected chi connectivity index (χ3v) is 4.08. The Kier molecular flexibility index (Phi) is 4.94. The molecule has 0 saturated carbocycles. The van der Waals surface area contributed by atoms with Gasteiger partial charge in [0.2, 0.25) is 5.13 Å². The first-order valence-corrected chi connectivity index (χ1v) is 8.15. The Balaban J connectivity index is 1.68. The number of nitro groups is 2. The van der Waals surface area contributed by atoms with E-state index in [0.29, 0.717) is 16.4 Å². The number of anilines is 1. The molecule has 2 aromatic carbocycles. The van der Waals surface area contributed by atoms with Crippen molar-refractivity contribution in [1.29, 1.82) is 0 Å². The minimum atomic E-state index is -0.470. The molecule has 0 amide bonds. The maximum absolute atomic E-state index is 10.7. The average molecular weight is 369 g/mol. The fourth-order valence-corrected chi connectivity index (χ4v) is 2.76. The number of nitro benzene ring substituents is 2. The van der Waals surface area contributed by atoms with Gasteiger partial charge in [-0.1, -0.05) is 12.1 Å². The molecule has 1 N–H and O–H groups in total. The summed E-state index contributed by atoms with van der Waals surface area (Å²) in [5, 5.41) is 27.8. The van der Waals surface area contributed by atoms with Gasteiger partial charge in [0.15, 0.2) is 0 Å². The highest BCUT2D eigenvalue weighted by molar-refractivity contribution is 7.14. The summed E-state index contributed by atoms with van der Waals surface area (Å²) in [7, 11) is 0. The molecular formula is C16H11N5O4S. The van der Waals surface area contributed by atoms with Crippen molar-refractivity contribution in [2.45, 2.75) is 0 Å². The maximum atomic E-state index is 10.7. The number of benzene rings is 2. The van der Waals surface area contributed by atoms with Crippen LogP contribution in [0.3, 0.4) is 0 Å². The first-order chi connectivity index (χ1) is 12.5. The third-order valence-electron chi connectivity index (χ3n) is 3.33. The molecule has 0 radical (unpaired) electrons. The summed E-state index contributed by atoms with van der Waals surface area (Å²) < 4.78 is 0. The van der Waals surface area contributed by atoms with E-state index in [1.54, 1.807) is 29.6 Å². The van der Waals surface area contributed by atoms with Crippen LogP contribution in [0.25, 0.3) is 11.3 Å². The molecule has 1 aromatic heterocycles. The smallest absolute Gasteiger partial charge is 0.258 e. The predicted molar refractivity (Wildman–Crippen MR) is 98.5 cm³/mol. The van der Waals surface area contributed by atoms with Gasteiger partial charge in [-0.3, -0.25) is 25.7 Å². The molecule has 10 heteroatoms. The van der Waals surface area contributed by atoms with Crippen molar-refractivity contribution in [2.24, 2.45) is 5.10 Å². The zero-order valence-electron chi connectivity index (χ0n) is 13.1. The molecule has 3 aromatic rings. The minimum Gasteiger partial charge on any atom is -0.258 e. The molecule has 0 unspecified atom stereocenters.